The molecule has 1 unspecified atom stereocenters. The number of fused-ring (bicyclic) bond motifs is 1. The van der Waals surface area contributed by atoms with Crippen molar-refractivity contribution < 1.29 is 14.3 Å². The van der Waals surface area contributed by atoms with Gasteiger partial charge in [-0.2, -0.15) is 0 Å². The van der Waals surface area contributed by atoms with Crippen molar-refractivity contribution in [3.63, 3.8) is 0 Å². The lowest BCUT2D eigenvalue weighted by Gasteiger charge is -2.35. The minimum Gasteiger partial charge on any atom is -0.478 e. The second-order valence-corrected chi connectivity index (χ2v) is 7.69. The van der Waals surface area contributed by atoms with Crippen LogP contribution < -0.4 is 9.64 Å². The number of carbonyl (C=O) groups is 2. The van der Waals surface area contributed by atoms with Crippen molar-refractivity contribution in [2.45, 2.75) is 31.8 Å². The molecule has 1 atom stereocenters. The standard InChI is InChI=1S/C23H26N2O3/c1-24-19-9-5-6-10-20(19)28-21(23(24)27)16-22(26)25-13-11-18(12-14-25)15-17-7-3-2-4-8-17/h2-10,18,21H,11-16H2,1H3. The van der Waals surface area contributed by atoms with Crippen molar-refractivity contribution in [1.29, 1.82) is 0 Å². The second kappa shape index (κ2) is 8.05. The van der Waals surface area contributed by atoms with Crippen LogP contribution in [0.2, 0.25) is 0 Å². The molecule has 2 aliphatic heterocycles. The lowest BCUT2D eigenvalue weighted by Crippen LogP contribution is -2.47. The van der Waals surface area contributed by atoms with Crippen molar-refractivity contribution in [3.05, 3.63) is 60.2 Å². The van der Waals surface area contributed by atoms with Gasteiger partial charge in [0.2, 0.25) is 5.91 Å². The molecule has 1 saturated heterocycles. The molecule has 5 nitrogen and oxygen atoms in total. The molecule has 0 radical (unpaired) electrons. The van der Waals surface area contributed by atoms with Crippen LogP contribution in [0.1, 0.15) is 24.8 Å². The van der Waals surface area contributed by atoms with Crippen molar-refractivity contribution in [3.8, 4) is 5.75 Å². The van der Waals surface area contributed by atoms with Gasteiger partial charge in [0, 0.05) is 20.1 Å². The average molecular weight is 378 g/mol. The van der Waals surface area contributed by atoms with E-state index in [2.05, 4.69) is 24.3 Å². The van der Waals surface area contributed by atoms with Gasteiger partial charge < -0.3 is 14.5 Å². The number of ether oxygens (including phenoxy) is 1. The Labute approximate surface area is 165 Å². The lowest BCUT2D eigenvalue weighted by molar-refractivity contribution is -0.138. The zero-order valence-electron chi connectivity index (χ0n) is 16.2. The van der Waals surface area contributed by atoms with Crippen molar-refractivity contribution in [1.82, 2.24) is 4.90 Å². The predicted molar refractivity (Wildman–Crippen MR) is 108 cm³/mol. The number of nitrogens with zero attached hydrogens (tertiary/aromatic N) is 2. The molecule has 0 N–H and O–H groups in total. The lowest BCUT2D eigenvalue weighted by atomic mass is 9.90. The first-order chi connectivity index (χ1) is 13.6. The highest BCUT2D eigenvalue weighted by molar-refractivity contribution is 6.01. The van der Waals surface area contributed by atoms with E-state index in [1.165, 1.54) is 5.56 Å². The third kappa shape index (κ3) is 3.88. The summed E-state index contributed by atoms with van der Waals surface area (Å²) in [6.45, 7) is 1.51. The molecule has 2 aromatic carbocycles. The molecule has 0 aliphatic carbocycles. The fourth-order valence-corrected chi connectivity index (χ4v) is 4.12. The molecule has 0 saturated carbocycles. The average Bonchev–Trinajstić information content (AvgIpc) is 2.73. The van der Waals surface area contributed by atoms with Gasteiger partial charge in [-0.1, -0.05) is 42.5 Å². The molecule has 2 aromatic rings. The van der Waals surface area contributed by atoms with E-state index in [4.69, 9.17) is 4.74 Å². The van der Waals surface area contributed by atoms with Crippen molar-refractivity contribution >= 4 is 17.5 Å². The molecule has 2 amide bonds. The largest absolute Gasteiger partial charge is 0.478 e. The second-order valence-electron chi connectivity index (χ2n) is 7.69. The Hall–Kier alpha value is -2.82. The number of rotatable bonds is 4. The summed E-state index contributed by atoms with van der Waals surface area (Å²) in [6.07, 6.45) is 2.43. The maximum atomic E-state index is 12.8. The molecule has 1 fully saturated rings. The topological polar surface area (TPSA) is 49.9 Å². The summed E-state index contributed by atoms with van der Waals surface area (Å²) in [5, 5.41) is 0. The molecular weight excluding hydrogens is 352 g/mol. The number of carbonyl (C=O) groups excluding carboxylic acids is 2. The number of amides is 2. The molecule has 146 valence electrons. The van der Waals surface area contributed by atoms with E-state index in [0.29, 0.717) is 11.7 Å². The predicted octanol–water partition coefficient (Wildman–Crippen LogP) is 3.28. The number of hydrogen-bond acceptors (Lipinski definition) is 3. The highest BCUT2D eigenvalue weighted by Crippen LogP contribution is 2.33. The number of anilines is 1. The van der Waals surface area contributed by atoms with Gasteiger partial charge in [0.25, 0.3) is 5.91 Å². The normalized spacial score (nSPS) is 19.9. The van der Waals surface area contributed by atoms with Crippen LogP contribution in [0, 0.1) is 5.92 Å². The first kappa shape index (κ1) is 18.5. The smallest absolute Gasteiger partial charge is 0.268 e. The monoisotopic (exact) mass is 378 g/mol. The van der Waals surface area contributed by atoms with Crippen molar-refractivity contribution in [2.24, 2.45) is 5.92 Å². The highest BCUT2D eigenvalue weighted by atomic mass is 16.5. The number of hydrogen-bond donors (Lipinski definition) is 0. The molecule has 0 aromatic heterocycles. The Morgan fingerprint density at radius 3 is 2.46 bits per heavy atom. The van der Waals surface area contributed by atoms with Gasteiger partial charge in [-0.3, -0.25) is 9.59 Å². The molecular formula is C23H26N2O3. The van der Waals surface area contributed by atoms with E-state index in [-0.39, 0.29) is 18.2 Å². The Morgan fingerprint density at radius 1 is 1.04 bits per heavy atom. The third-order valence-corrected chi connectivity index (χ3v) is 5.80. The Bertz CT molecular complexity index is 844. The van der Waals surface area contributed by atoms with E-state index in [0.717, 1.165) is 38.0 Å². The first-order valence-corrected chi connectivity index (χ1v) is 9.97. The quantitative estimate of drug-likeness (QED) is 0.820. The van der Waals surface area contributed by atoms with E-state index < -0.39 is 6.10 Å². The van der Waals surface area contributed by atoms with Gasteiger partial charge >= 0.3 is 0 Å². The SMILES string of the molecule is CN1C(=O)C(CC(=O)N2CCC(Cc3ccccc3)CC2)Oc2ccccc21. The van der Waals surface area contributed by atoms with Gasteiger partial charge in [0.15, 0.2) is 6.10 Å². The fraction of sp³-hybridized carbons (Fsp3) is 0.391. The molecule has 4 rings (SSSR count). The number of para-hydroxylation sites is 2. The summed E-state index contributed by atoms with van der Waals surface area (Å²) in [5.41, 5.74) is 2.10. The summed E-state index contributed by atoms with van der Waals surface area (Å²) in [6, 6.07) is 17.9. The molecule has 28 heavy (non-hydrogen) atoms. The highest BCUT2D eigenvalue weighted by Gasteiger charge is 2.35. The third-order valence-electron chi connectivity index (χ3n) is 5.80. The molecule has 2 aliphatic rings. The Balaban J connectivity index is 1.32. The van der Waals surface area contributed by atoms with Crippen LogP contribution in [-0.2, 0) is 16.0 Å². The summed E-state index contributed by atoms with van der Waals surface area (Å²) < 4.78 is 5.84. The summed E-state index contributed by atoms with van der Waals surface area (Å²) in [7, 11) is 1.73. The number of benzene rings is 2. The first-order valence-electron chi connectivity index (χ1n) is 9.97. The van der Waals surface area contributed by atoms with Gasteiger partial charge in [-0.15, -0.1) is 0 Å². The maximum absolute atomic E-state index is 12.8. The summed E-state index contributed by atoms with van der Waals surface area (Å²) in [4.78, 5) is 28.8. The zero-order chi connectivity index (χ0) is 19.5. The van der Waals surface area contributed by atoms with Crippen molar-refractivity contribution in [2.75, 3.05) is 25.0 Å². The summed E-state index contributed by atoms with van der Waals surface area (Å²) in [5.74, 6) is 1.11. The van der Waals surface area contributed by atoms with Crippen LogP contribution in [0.4, 0.5) is 5.69 Å². The fourth-order valence-electron chi connectivity index (χ4n) is 4.12. The van der Waals surface area contributed by atoms with Gasteiger partial charge in [0.1, 0.15) is 5.75 Å². The van der Waals surface area contributed by atoms with Gasteiger partial charge in [0.05, 0.1) is 12.1 Å². The Morgan fingerprint density at radius 2 is 1.71 bits per heavy atom. The molecule has 2 heterocycles. The van der Waals surface area contributed by atoms with E-state index in [1.807, 2.05) is 35.2 Å². The van der Waals surface area contributed by atoms with Gasteiger partial charge in [-0.25, -0.2) is 0 Å². The minimum absolute atomic E-state index is 0.00397. The van der Waals surface area contributed by atoms with Crippen LogP contribution >= 0.6 is 0 Å². The number of likely N-dealkylation sites (N-methyl/N-ethyl adjacent to an activating group) is 1. The van der Waals surface area contributed by atoms with Gasteiger partial charge in [-0.05, 0) is 42.9 Å². The maximum Gasteiger partial charge on any atom is 0.268 e. The molecule has 0 spiro atoms. The van der Waals surface area contributed by atoms with E-state index in [9.17, 15) is 9.59 Å². The van der Waals surface area contributed by atoms with Crippen LogP contribution in [0.5, 0.6) is 5.75 Å². The van der Waals surface area contributed by atoms with E-state index in [1.54, 1.807) is 11.9 Å². The summed E-state index contributed by atoms with van der Waals surface area (Å²) >= 11 is 0. The zero-order valence-corrected chi connectivity index (χ0v) is 16.2. The molecule has 0 bridgehead atoms. The van der Waals surface area contributed by atoms with Crippen LogP contribution in [0.3, 0.4) is 0 Å². The van der Waals surface area contributed by atoms with E-state index >= 15 is 0 Å². The number of piperidine rings is 1. The molecule has 5 heteroatoms. The Kier molecular flexibility index (Phi) is 5.33. The number of likely N-dealkylation sites (tertiary alicyclic amines) is 1. The van der Waals surface area contributed by atoms with Crippen LogP contribution in [-0.4, -0.2) is 43.0 Å². The van der Waals surface area contributed by atoms with Crippen LogP contribution in [0.15, 0.2) is 54.6 Å². The minimum atomic E-state index is -0.741. The van der Waals surface area contributed by atoms with Crippen LogP contribution in [0.25, 0.3) is 0 Å².